The fourth-order valence-corrected chi connectivity index (χ4v) is 2.55. The van der Waals surface area contributed by atoms with E-state index in [0.717, 1.165) is 39.6 Å². The summed E-state index contributed by atoms with van der Waals surface area (Å²) in [6.07, 6.45) is 20.3. The predicted octanol–water partition coefficient (Wildman–Crippen LogP) is 18.0. The SMILES string of the molecule is C.C.C.C.C.C.C=C.C=C.C=C.C=C.C=C.C=C.CCCCCCOCCCC.CCCCCCOCCCC.CCCCOCCCC. The second kappa shape index (κ2) is 175. The quantitative estimate of drug-likeness (QED) is 0.0827. The second-order valence-electron chi connectivity index (χ2n) is 8.37. The summed E-state index contributed by atoms with van der Waals surface area (Å²) in [4.78, 5) is 0. The molecule has 0 bridgehead atoms. The molecule has 0 aromatic carbocycles. The third-order valence-corrected chi connectivity index (χ3v) is 4.85. The fraction of sp³-hybridized carbons (Fsp3) is 0.739. The lowest BCUT2D eigenvalue weighted by molar-refractivity contribution is 0.127. The van der Waals surface area contributed by atoms with Gasteiger partial charge >= 0.3 is 0 Å². The largest absolute Gasteiger partial charge is 0.381 e. The van der Waals surface area contributed by atoms with Gasteiger partial charge in [0.15, 0.2) is 0 Å². The fourth-order valence-electron chi connectivity index (χ4n) is 2.55. The van der Waals surface area contributed by atoms with Gasteiger partial charge in [-0.25, -0.2) is 0 Å². The molecular weight excluding hydrogens is 601 g/mol. The van der Waals surface area contributed by atoms with Gasteiger partial charge in [-0.3, -0.25) is 0 Å². The summed E-state index contributed by atoms with van der Waals surface area (Å²) in [6.45, 7) is 55.0. The Morgan fingerprint density at radius 2 is 0.367 bits per heavy atom. The molecule has 0 rings (SSSR count). The van der Waals surface area contributed by atoms with Crippen molar-refractivity contribution in [3.05, 3.63) is 78.9 Å². The third kappa shape index (κ3) is 220. The first-order valence-electron chi connectivity index (χ1n) is 17.0. The van der Waals surface area contributed by atoms with E-state index >= 15 is 0 Å². The van der Waals surface area contributed by atoms with Gasteiger partial charge in [0.1, 0.15) is 0 Å². The van der Waals surface area contributed by atoms with E-state index < -0.39 is 0 Å². The highest BCUT2D eigenvalue weighted by molar-refractivity contribution is 4.40. The van der Waals surface area contributed by atoms with Crippen LogP contribution in [0.15, 0.2) is 78.9 Å². The molecule has 0 aliphatic carbocycles. The zero-order chi connectivity index (χ0) is 35.7. The van der Waals surface area contributed by atoms with E-state index in [-0.39, 0.29) is 44.6 Å². The average molecular weight is 711 g/mol. The molecule has 0 aromatic heterocycles. The first-order valence-corrected chi connectivity index (χ1v) is 17.0. The molecule has 312 valence electrons. The zero-order valence-electron chi connectivity index (χ0n) is 31.3. The number of ether oxygens (including phenoxy) is 3. The smallest absolute Gasteiger partial charge is 0.0466 e. The van der Waals surface area contributed by atoms with Crippen LogP contribution >= 0.6 is 0 Å². The van der Waals surface area contributed by atoms with Crippen molar-refractivity contribution in [3.8, 4) is 0 Å². The Hall–Kier alpha value is -1.68. The molecule has 0 unspecified atom stereocenters. The van der Waals surface area contributed by atoms with E-state index in [1.54, 1.807) is 0 Å². The number of rotatable bonds is 22. The van der Waals surface area contributed by atoms with E-state index in [0.29, 0.717) is 0 Å². The molecule has 3 heteroatoms. The van der Waals surface area contributed by atoms with Crippen LogP contribution in [0.3, 0.4) is 0 Å². The Kier molecular flexibility index (Phi) is 347. The molecule has 0 saturated heterocycles. The molecule has 0 amide bonds. The number of hydrogen-bond donors (Lipinski definition) is 0. The van der Waals surface area contributed by atoms with E-state index in [1.807, 2.05) is 0 Å². The van der Waals surface area contributed by atoms with E-state index in [2.05, 4.69) is 120 Å². The Balaban J connectivity index is -0.0000000223. The molecule has 0 spiro atoms. The van der Waals surface area contributed by atoms with Gasteiger partial charge in [0.05, 0.1) is 0 Å². The molecule has 0 heterocycles. The molecule has 0 atom stereocenters. The van der Waals surface area contributed by atoms with Crippen molar-refractivity contribution in [2.24, 2.45) is 0 Å². The van der Waals surface area contributed by atoms with E-state index in [1.165, 1.54) is 103 Å². The molecule has 0 N–H and O–H groups in total. The van der Waals surface area contributed by atoms with Crippen molar-refractivity contribution in [2.75, 3.05) is 39.6 Å². The number of hydrogen-bond acceptors (Lipinski definition) is 3. The van der Waals surface area contributed by atoms with Crippen molar-refractivity contribution < 1.29 is 14.2 Å². The summed E-state index contributed by atoms with van der Waals surface area (Å²) >= 11 is 0. The van der Waals surface area contributed by atoms with Crippen LogP contribution in [0.1, 0.15) is 189 Å². The first-order chi connectivity index (χ1) is 21.2. The maximum Gasteiger partial charge on any atom is 0.0466 e. The van der Waals surface area contributed by atoms with Crippen molar-refractivity contribution in [1.82, 2.24) is 0 Å². The minimum Gasteiger partial charge on any atom is -0.381 e. The molecule has 3 nitrogen and oxygen atoms in total. The predicted molar refractivity (Wildman–Crippen MR) is 248 cm³/mol. The van der Waals surface area contributed by atoms with E-state index in [4.69, 9.17) is 14.2 Å². The van der Waals surface area contributed by atoms with Crippen LogP contribution < -0.4 is 0 Å². The lowest BCUT2D eigenvalue weighted by Crippen LogP contribution is -1.96. The van der Waals surface area contributed by atoms with Crippen LogP contribution in [-0.2, 0) is 14.2 Å². The maximum atomic E-state index is 5.42. The topological polar surface area (TPSA) is 27.7 Å². The second-order valence-corrected chi connectivity index (χ2v) is 8.37. The Bertz CT molecular complexity index is 268. The molecule has 0 aliphatic heterocycles. The summed E-state index contributed by atoms with van der Waals surface area (Å²) in [5.74, 6) is 0. The minimum atomic E-state index is 0. The van der Waals surface area contributed by atoms with Crippen LogP contribution in [0.5, 0.6) is 0 Å². The summed E-state index contributed by atoms with van der Waals surface area (Å²) in [7, 11) is 0. The maximum absolute atomic E-state index is 5.42. The van der Waals surface area contributed by atoms with Crippen molar-refractivity contribution in [3.63, 3.8) is 0 Å². The lowest BCUT2D eigenvalue weighted by atomic mass is 10.2. The van der Waals surface area contributed by atoms with Gasteiger partial charge in [-0.05, 0) is 38.5 Å². The third-order valence-electron chi connectivity index (χ3n) is 4.85. The van der Waals surface area contributed by atoms with Crippen LogP contribution in [0.2, 0.25) is 0 Å². The van der Waals surface area contributed by atoms with Gasteiger partial charge < -0.3 is 14.2 Å². The van der Waals surface area contributed by atoms with Gasteiger partial charge in [0.25, 0.3) is 0 Å². The monoisotopic (exact) mass is 711 g/mol. The highest BCUT2D eigenvalue weighted by atomic mass is 16.5. The van der Waals surface area contributed by atoms with Crippen molar-refractivity contribution in [2.45, 2.75) is 189 Å². The first kappa shape index (κ1) is 97.2. The summed E-state index contributed by atoms with van der Waals surface area (Å²) in [5.41, 5.74) is 0. The van der Waals surface area contributed by atoms with Gasteiger partial charge in [-0.1, -0.05) is 150 Å². The van der Waals surface area contributed by atoms with Crippen LogP contribution in [0.4, 0.5) is 0 Å². The molecule has 0 aliphatic rings. The number of unbranched alkanes of at least 4 members (excludes halogenated alkanes) is 10. The Morgan fingerprint density at radius 1 is 0.224 bits per heavy atom. The molecular formula is C46H110O3. The normalized spacial score (nSPS) is 6.98. The van der Waals surface area contributed by atoms with Gasteiger partial charge in [0, 0.05) is 39.6 Å². The Labute approximate surface area is 320 Å². The summed E-state index contributed by atoms with van der Waals surface area (Å²) in [5, 5.41) is 0. The van der Waals surface area contributed by atoms with Gasteiger partial charge in [0.2, 0.25) is 0 Å². The van der Waals surface area contributed by atoms with Gasteiger partial charge in [-0.15, -0.1) is 78.9 Å². The molecule has 0 saturated carbocycles. The van der Waals surface area contributed by atoms with Crippen LogP contribution in [0, 0.1) is 0 Å². The van der Waals surface area contributed by atoms with Crippen LogP contribution in [-0.4, -0.2) is 39.6 Å². The summed E-state index contributed by atoms with van der Waals surface area (Å²) < 4.78 is 16.2. The molecule has 0 fully saturated rings. The standard InChI is InChI=1S/2C10H22O.C8H18O.6C2H4.6CH4/c2*1-3-5-7-8-10-11-9-6-4-2;1-3-5-7-9-8-6-4-2;6*1-2;;;;;;/h2*3-10H2,1-2H3;3-8H2,1-2H3;6*1-2H2;6*1H4. The Morgan fingerprint density at radius 3 is 0.510 bits per heavy atom. The average Bonchev–Trinajstić information content (AvgIpc) is 3.10. The summed E-state index contributed by atoms with van der Waals surface area (Å²) in [6, 6.07) is 0. The zero-order valence-corrected chi connectivity index (χ0v) is 31.3. The van der Waals surface area contributed by atoms with Crippen LogP contribution in [0.25, 0.3) is 0 Å². The van der Waals surface area contributed by atoms with E-state index in [9.17, 15) is 0 Å². The molecule has 49 heavy (non-hydrogen) atoms. The highest BCUT2D eigenvalue weighted by Crippen LogP contribution is 2.00. The molecule has 0 radical (unpaired) electrons. The molecule has 0 aromatic rings. The highest BCUT2D eigenvalue weighted by Gasteiger charge is 1.89. The van der Waals surface area contributed by atoms with Crippen molar-refractivity contribution in [1.29, 1.82) is 0 Å². The minimum absolute atomic E-state index is 0. The van der Waals surface area contributed by atoms with Gasteiger partial charge in [-0.2, -0.15) is 0 Å². The van der Waals surface area contributed by atoms with Crippen molar-refractivity contribution >= 4 is 0 Å². The lowest BCUT2D eigenvalue weighted by Gasteiger charge is -2.01.